The number of carbonyl (C=O) groups excluding carboxylic acids is 1. The van der Waals surface area contributed by atoms with E-state index in [0.717, 1.165) is 0 Å². The lowest BCUT2D eigenvalue weighted by molar-refractivity contribution is 0.102. The summed E-state index contributed by atoms with van der Waals surface area (Å²) >= 11 is 1.17. The van der Waals surface area contributed by atoms with Crippen LogP contribution in [0.1, 0.15) is 10.4 Å². The molecule has 0 radical (unpaired) electrons. The molecule has 0 aliphatic rings. The van der Waals surface area contributed by atoms with Crippen molar-refractivity contribution < 1.29 is 13.2 Å². The molecule has 0 bridgehead atoms. The van der Waals surface area contributed by atoms with E-state index in [1.807, 2.05) is 18.2 Å². The number of sulfonamides is 1. The summed E-state index contributed by atoms with van der Waals surface area (Å²) in [6.07, 6.45) is 0. The summed E-state index contributed by atoms with van der Waals surface area (Å²) in [4.78, 5) is 12.2. The van der Waals surface area contributed by atoms with Gasteiger partial charge in [-0.1, -0.05) is 24.3 Å². The molecule has 0 spiro atoms. The van der Waals surface area contributed by atoms with Crippen LogP contribution in [0.2, 0.25) is 0 Å². The number of carbonyl (C=O) groups is 1. The molecular weight excluding hydrogens is 356 g/mol. The van der Waals surface area contributed by atoms with E-state index in [2.05, 4.69) is 5.32 Å². The second-order valence-electron chi connectivity index (χ2n) is 5.27. The molecule has 1 heterocycles. The zero-order valence-corrected chi connectivity index (χ0v) is 15.0. The number of amides is 1. The molecule has 2 aromatic carbocycles. The Hall–Kier alpha value is -2.64. The van der Waals surface area contributed by atoms with Gasteiger partial charge in [0.1, 0.15) is 4.21 Å². The number of thiophene rings is 1. The molecule has 0 aliphatic heterocycles. The van der Waals surface area contributed by atoms with E-state index in [1.165, 1.54) is 22.7 Å². The van der Waals surface area contributed by atoms with Crippen LogP contribution in [0.4, 0.5) is 11.4 Å². The van der Waals surface area contributed by atoms with Crippen molar-refractivity contribution in [1.29, 1.82) is 0 Å². The summed E-state index contributed by atoms with van der Waals surface area (Å²) in [6, 6.07) is 18.8. The fraction of sp³-hybridized carbons (Fsp3) is 0.0556. The van der Waals surface area contributed by atoms with Gasteiger partial charge in [-0.15, -0.1) is 11.3 Å². The van der Waals surface area contributed by atoms with Gasteiger partial charge in [0.25, 0.3) is 15.9 Å². The maximum atomic E-state index is 12.5. The van der Waals surface area contributed by atoms with Crippen LogP contribution in [0.15, 0.2) is 76.3 Å². The van der Waals surface area contributed by atoms with Gasteiger partial charge in [0, 0.05) is 18.3 Å². The molecule has 0 unspecified atom stereocenters. The predicted molar refractivity (Wildman–Crippen MR) is 101 cm³/mol. The fourth-order valence-electron chi connectivity index (χ4n) is 2.23. The van der Waals surface area contributed by atoms with Crippen LogP contribution in [0.5, 0.6) is 0 Å². The second kappa shape index (κ2) is 7.08. The van der Waals surface area contributed by atoms with Gasteiger partial charge in [-0.25, -0.2) is 8.42 Å². The van der Waals surface area contributed by atoms with E-state index >= 15 is 0 Å². The molecule has 5 nitrogen and oxygen atoms in total. The van der Waals surface area contributed by atoms with Crippen LogP contribution in [0.3, 0.4) is 0 Å². The Bertz CT molecular complexity index is 951. The predicted octanol–water partition coefficient (Wildman–Crippen LogP) is 3.83. The lowest BCUT2D eigenvalue weighted by Crippen LogP contribution is -2.25. The molecule has 0 aliphatic carbocycles. The van der Waals surface area contributed by atoms with Crippen molar-refractivity contribution in [3.63, 3.8) is 0 Å². The molecule has 0 fully saturated rings. The highest BCUT2D eigenvalue weighted by molar-refractivity contribution is 7.94. The maximum Gasteiger partial charge on any atom is 0.273 e. The molecule has 0 saturated carbocycles. The van der Waals surface area contributed by atoms with Crippen molar-refractivity contribution in [2.75, 3.05) is 16.7 Å². The van der Waals surface area contributed by atoms with Crippen LogP contribution < -0.4 is 9.62 Å². The Morgan fingerprint density at radius 3 is 2.24 bits per heavy atom. The lowest BCUT2D eigenvalue weighted by Gasteiger charge is -2.18. The van der Waals surface area contributed by atoms with Crippen LogP contribution >= 0.6 is 11.3 Å². The lowest BCUT2D eigenvalue weighted by atomic mass is 10.2. The van der Waals surface area contributed by atoms with E-state index in [4.69, 9.17) is 0 Å². The standard InChI is InChI=1S/C18H16N2O3S2/c1-20(25(22,23)17-8-5-13-24-17)16-11-9-14(10-12-16)18(21)19-15-6-3-2-4-7-15/h2-13H,1H3,(H,19,21). The fourth-order valence-corrected chi connectivity index (χ4v) is 4.59. The molecule has 3 rings (SSSR count). The number of hydrogen-bond acceptors (Lipinski definition) is 4. The molecule has 7 heteroatoms. The zero-order chi connectivity index (χ0) is 17.9. The highest BCUT2D eigenvalue weighted by atomic mass is 32.2. The van der Waals surface area contributed by atoms with E-state index in [1.54, 1.807) is 53.9 Å². The van der Waals surface area contributed by atoms with E-state index in [9.17, 15) is 13.2 Å². The van der Waals surface area contributed by atoms with Gasteiger partial charge >= 0.3 is 0 Å². The van der Waals surface area contributed by atoms with Crippen molar-refractivity contribution in [2.45, 2.75) is 4.21 Å². The molecule has 25 heavy (non-hydrogen) atoms. The quantitative estimate of drug-likeness (QED) is 0.740. The molecule has 0 saturated heterocycles. The van der Waals surface area contributed by atoms with E-state index < -0.39 is 10.0 Å². The van der Waals surface area contributed by atoms with Gasteiger partial charge < -0.3 is 5.32 Å². The first-order valence-corrected chi connectivity index (χ1v) is 9.79. The third kappa shape index (κ3) is 3.72. The van der Waals surface area contributed by atoms with Gasteiger partial charge in [0.2, 0.25) is 0 Å². The summed E-state index contributed by atoms with van der Waals surface area (Å²) < 4.78 is 26.5. The van der Waals surface area contributed by atoms with E-state index in [-0.39, 0.29) is 10.1 Å². The molecule has 1 amide bonds. The Morgan fingerprint density at radius 1 is 0.960 bits per heavy atom. The highest BCUT2D eigenvalue weighted by Crippen LogP contribution is 2.25. The number of nitrogens with zero attached hydrogens (tertiary/aromatic N) is 1. The van der Waals surface area contributed by atoms with Gasteiger partial charge in [0.15, 0.2) is 0 Å². The molecule has 1 N–H and O–H groups in total. The summed E-state index contributed by atoms with van der Waals surface area (Å²) in [6.45, 7) is 0. The molecule has 0 atom stereocenters. The summed E-state index contributed by atoms with van der Waals surface area (Å²) in [7, 11) is -2.08. The first-order chi connectivity index (χ1) is 12.0. The topological polar surface area (TPSA) is 66.5 Å². The normalized spacial score (nSPS) is 11.1. The van der Waals surface area contributed by atoms with Crippen LogP contribution in [-0.2, 0) is 10.0 Å². The maximum absolute atomic E-state index is 12.5. The third-order valence-corrected chi connectivity index (χ3v) is 6.79. The largest absolute Gasteiger partial charge is 0.322 e. The van der Waals surface area contributed by atoms with Crippen LogP contribution in [0.25, 0.3) is 0 Å². The molecule has 1 aromatic heterocycles. The Morgan fingerprint density at radius 2 is 1.64 bits per heavy atom. The summed E-state index contributed by atoms with van der Waals surface area (Å²) in [5, 5.41) is 4.51. The van der Waals surface area contributed by atoms with Crippen molar-refractivity contribution in [1.82, 2.24) is 0 Å². The van der Waals surface area contributed by atoms with Gasteiger partial charge in [-0.05, 0) is 47.8 Å². The SMILES string of the molecule is CN(c1ccc(C(=O)Nc2ccccc2)cc1)S(=O)(=O)c1cccs1. The van der Waals surface area contributed by atoms with Crippen molar-refractivity contribution in [3.05, 3.63) is 77.7 Å². The minimum Gasteiger partial charge on any atom is -0.322 e. The first kappa shape index (κ1) is 17.2. The number of rotatable bonds is 5. The zero-order valence-electron chi connectivity index (χ0n) is 13.4. The smallest absolute Gasteiger partial charge is 0.273 e. The van der Waals surface area contributed by atoms with Crippen LogP contribution in [-0.4, -0.2) is 21.4 Å². The average Bonchev–Trinajstić information content (AvgIpc) is 3.17. The molecular formula is C18H16N2O3S2. The second-order valence-corrected chi connectivity index (χ2v) is 8.42. The van der Waals surface area contributed by atoms with Gasteiger partial charge in [-0.2, -0.15) is 0 Å². The first-order valence-electron chi connectivity index (χ1n) is 7.47. The molecule has 128 valence electrons. The van der Waals surface area contributed by atoms with Gasteiger partial charge in [-0.3, -0.25) is 9.10 Å². The molecule has 3 aromatic rings. The van der Waals surface area contributed by atoms with E-state index in [0.29, 0.717) is 16.9 Å². The van der Waals surface area contributed by atoms with Crippen molar-refractivity contribution in [3.8, 4) is 0 Å². The number of para-hydroxylation sites is 1. The highest BCUT2D eigenvalue weighted by Gasteiger charge is 2.22. The minimum absolute atomic E-state index is 0.249. The number of hydrogen-bond donors (Lipinski definition) is 1. The minimum atomic E-state index is -3.58. The Balaban J connectivity index is 1.77. The van der Waals surface area contributed by atoms with Crippen molar-refractivity contribution in [2.24, 2.45) is 0 Å². The van der Waals surface area contributed by atoms with Crippen LogP contribution in [0, 0.1) is 0 Å². The number of nitrogens with one attached hydrogen (secondary N) is 1. The average molecular weight is 372 g/mol. The monoisotopic (exact) mass is 372 g/mol. The Kier molecular flexibility index (Phi) is 4.87. The number of benzene rings is 2. The third-order valence-electron chi connectivity index (χ3n) is 3.63. The van der Waals surface area contributed by atoms with Gasteiger partial charge in [0.05, 0.1) is 5.69 Å². The Labute approximate surface area is 150 Å². The summed E-state index contributed by atoms with van der Waals surface area (Å²) in [5.74, 6) is -0.249. The van der Waals surface area contributed by atoms with Crippen molar-refractivity contribution >= 4 is 38.6 Å². The number of anilines is 2. The summed E-state index contributed by atoms with van der Waals surface area (Å²) in [5.41, 5.74) is 1.65.